The monoisotopic (exact) mass is 373 g/mol. The lowest BCUT2D eigenvalue weighted by atomic mass is 9.83. The number of hydrogen-bond acceptors (Lipinski definition) is 4. The minimum Gasteiger partial charge on any atom is -0.496 e. The van der Waals surface area contributed by atoms with Crippen LogP contribution in [0.4, 0.5) is 13.2 Å². The molecular weight excluding hydrogens is 347 g/mol. The maximum Gasteiger partial charge on any atom is 0.405 e. The number of alkyl halides is 3. The Morgan fingerprint density at radius 2 is 1.88 bits per heavy atom. The normalized spacial score (nSPS) is 17.6. The lowest BCUT2D eigenvalue weighted by Gasteiger charge is -2.36. The molecule has 1 heterocycles. The van der Waals surface area contributed by atoms with E-state index in [1.807, 2.05) is 0 Å². The highest BCUT2D eigenvalue weighted by atomic mass is 19.4. The van der Waals surface area contributed by atoms with Gasteiger partial charge in [-0.3, -0.25) is 9.69 Å². The Morgan fingerprint density at radius 1 is 1.27 bits per heavy atom. The molecule has 0 bridgehead atoms. The predicted molar refractivity (Wildman–Crippen MR) is 93.3 cm³/mol. The maximum atomic E-state index is 13.5. The number of ether oxygens (including phenoxy) is 1. The predicted octanol–water partition coefficient (Wildman–Crippen LogP) is 1.93. The van der Waals surface area contributed by atoms with Gasteiger partial charge in [0.05, 0.1) is 12.5 Å². The highest BCUT2D eigenvalue weighted by molar-refractivity contribution is 5.88. The quantitative estimate of drug-likeness (QED) is 0.800. The van der Waals surface area contributed by atoms with Crippen LogP contribution < -0.4 is 15.4 Å². The summed E-state index contributed by atoms with van der Waals surface area (Å²) < 4.78 is 45.7. The van der Waals surface area contributed by atoms with Gasteiger partial charge in [-0.2, -0.15) is 13.2 Å². The van der Waals surface area contributed by atoms with Crippen LogP contribution in [0.15, 0.2) is 24.3 Å². The summed E-state index contributed by atoms with van der Waals surface area (Å²) in [7, 11) is 1.50. The molecule has 1 atom stereocenters. The second-order valence-electron chi connectivity index (χ2n) is 6.88. The third-order valence-corrected chi connectivity index (χ3v) is 4.77. The molecule has 1 fully saturated rings. The number of halogens is 3. The number of piperazine rings is 1. The third-order valence-electron chi connectivity index (χ3n) is 4.77. The number of amides is 1. The Morgan fingerprint density at radius 3 is 2.46 bits per heavy atom. The fourth-order valence-corrected chi connectivity index (χ4v) is 3.14. The molecule has 0 spiro atoms. The fraction of sp³-hybridized carbons (Fsp3) is 0.611. The first-order chi connectivity index (χ1) is 12.2. The first-order valence-corrected chi connectivity index (χ1v) is 8.61. The zero-order valence-corrected chi connectivity index (χ0v) is 15.3. The number of rotatable bonds is 6. The molecule has 1 aromatic carbocycles. The van der Waals surface area contributed by atoms with Gasteiger partial charge in [0.2, 0.25) is 5.91 Å². The maximum absolute atomic E-state index is 13.5. The minimum absolute atomic E-state index is 0.302. The highest BCUT2D eigenvalue weighted by Gasteiger charge is 2.44. The zero-order valence-electron chi connectivity index (χ0n) is 15.3. The van der Waals surface area contributed by atoms with E-state index in [1.54, 1.807) is 38.1 Å². The van der Waals surface area contributed by atoms with Crippen LogP contribution in [-0.4, -0.2) is 62.9 Å². The van der Waals surface area contributed by atoms with E-state index >= 15 is 0 Å². The zero-order chi connectivity index (χ0) is 19.4. The van der Waals surface area contributed by atoms with E-state index in [1.165, 1.54) is 12.0 Å². The van der Waals surface area contributed by atoms with Crippen LogP contribution in [0.25, 0.3) is 0 Å². The van der Waals surface area contributed by atoms with E-state index in [4.69, 9.17) is 4.74 Å². The first kappa shape index (κ1) is 20.5. The van der Waals surface area contributed by atoms with Crippen LogP contribution in [0.5, 0.6) is 5.75 Å². The number of carbonyl (C=O) groups is 1. The van der Waals surface area contributed by atoms with Gasteiger partial charge in [-0.05, 0) is 19.9 Å². The summed E-state index contributed by atoms with van der Waals surface area (Å²) >= 11 is 0. The molecular formula is C18H26F3N3O2. The van der Waals surface area contributed by atoms with E-state index < -0.39 is 30.1 Å². The molecule has 1 aliphatic rings. The Balaban J connectivity index is 2.11. The SMILES string of the molecule is COc1ccccc1C(C)(C)C(=O)NCC(N1CCNCC1)C(F)(F)F. The van der Waals surface area contributed by atoms with Crippen molar-refractivity contribution in [3.05, 3.63) is 29.8 Å². The number of hydrogen-bond donors (Lipinski definition) is 2. The average molecular weight is 373 g/mol. The van der Waals surface area contributed by atoms with Crippen molar-refractivity contribution in [1.82, 2.24) is 15.5 Å². The summed E-state index contributed by atoms with van der Waals surface area (Å²) in [6.45, 7) is 4.49. The van der Waals surface area contributed by atoms with Crippen molar-refractivity contribution in [2.24, 2.45) is 0 Å². The minimum atomic E-state index is -4.40. The van der Waals surface area contributed by atoms with E-state index in [9.17, 15) is 18.0 Å². The van der Waals surface area contributed by atoms with Crippen LogP contribution in [0, 0.1) is 0 Å². The molecule has 26 heavy (non-hydrogen) atoms. The Bertz CT molecular complexity index is 614. The highest BCUT2D eigenvalue weighted by Crippen LogP contribution is 2.32. The van der Waals surface area contributed by atoms with Crippen molar-refractivity contribution in [2.45, 2.75) is 31.5 Å². The summed E-state index contributed by atoms with van der Waals surface area (Å²) in [4.78, 5) is 14.1. The molecule has 1 aromatic rings. The Kier molecular flexibility index (Phi) is 6.52. The van der Waals surface area contributed by atoms with Crippen molar-refractivity contribution >= 4 is 5.91 Å². The lowest BCUT2D eigenvalue weighted by molar-refractivity contribution is -0.184. The summed E-state index contributed by atoms with van der Waals surface area (Å²) in [6.07, 6.45) is -4.40. The van der Waals surface area contributed by atoms with Gasteiger partial charge in [0.25, 0.3) is 0 Å². The summed E-state index contributed by atoms with van der Waals surface area (Å²) in [5.74, 6) is 0.0634. The van der Waals surface area contributed by atoms with Gasteiger partial charge in [-0.15, -0.1) is 0 Å². The van der Waals surface area contributed by atoms with Crippen molar-refractivity contribution in [2.75, 3.05) is 39.8 Å². The second-order valence-corrected chi connectivity index (χ2v) is 6.88. The van der Waals surface area contributed by atoms with Crippen LogP contribution >= 0.6 is 0 Å². The van der Waals surface area contributed by atoms with Crippen LogP contribution in [0.3, 0.4) is 0 Å². The summed E-state index contributed by atoms with van der Waals surface area (Å²) in [5, 5.41) is 5.53. The van der Waals surface area contributed by atoms with E-state index in [0.717, 1.165) is 0 Å². The average Bonchev–Trinajstić information content (AvgIpc) is 2.61. The summed E-state index contributed by atoms with van der Waals surface area (Å²) in [6, 6.07) is 5.33. The molecule has 0 radical (unpaired) electrons. The lowest BCUT2D eigenvalue weighted by Crippen LogP contribution is -2.58. The van der Waals surface area contributed by atoms with Crippen LogP contribution in [0.2, 0.25) is 0 Å². The van der Waals surface area contributed by atoms with Gasteiger partial charge < -0.3 is 15.4 Å². The molecule has 0 aliphatic carbocycles. The largest absolute Gasteiger partial charge is 0.496 e. The van der Waals surface area contributed by atoms with E-state index in [-0.39, 0.29) is 0 Å². The Labute approximate surface area is 151 Å². The van der Waals surface area contributed by atoms with Gasteiger partial charge in [0, 0.05) is 38.3 Å². The van der Waals surface area contributed by atoms with Crippen LogP contribution in [-0.2, 0) is 10.2 Å². The fourth-order valence-electron chi connectivity index (χ4n) is 3.14. The molecule has 1 saturated heterocycles. The smallest absolute Gasteiger partial charge is 0.405 e. The van der Waals surface area contributed by atoms with Crippen LogP contribution in [0.1, 0.15) is 19.4 Å². The van der Waals surface area contributed by atoms with Crippen molar-refractivity contribution < 1.29 is 22.7 Å². The number of benzene rings is 1. The van der Waals surface area contributed by atoms with Gasteiger partial charge in [-0.1, -0.05) is 18.2 Å². The second kappa shape index (κ2) is 8.26. The molecule has 0 saturated carbocycles. The molecule has 1 amide bonds. The number of methoxy groups -OCH3 is 1. The molecule has 0 aromatic heterocycles. The van der Waals surface area contributed by atoms with Gasteiger partial charge in [0.15, 0.2) is 0 Å². The first-order valence-electron chi connectivity index (χ1n) is 8.61. The van der Waals surface area contributed by atoms with Crippen molar-refractivity contribution in [3.8, 4) is 5.75 Å². The molecule has 8 heteroatoms. The van der Waals surface area contributed by atoms with E-state index in [2.05, 4.69) is 10.6 Å². The molecule has 1 aliphatic heterocycles. The third kappa shape index (κ3) is 4.67. The van der Waals surface area contributed by atoms with Gasteiger partial charge >= 0.3 is 6.18 Å². The molecule has 5 nitrogen and oxygen atoms in total. The number of para-hydroxylation sites is 1. The Hall–Kier alpha value is -1.80. The molecule has 2 N–H and O–H groups in total. The number of carbonyl (C=O) groups excluding carboxylic acids is 1. The van der Waals surface area contributed by atoms with Gasteiger partial charge in [-0.25, -0.2) is 0 Å². The number of nitrogens with one attached hydrogen (secondary N) is 2. The van der Waals surface area contributed by atoms with Crippen molar-refractivity contribution in [1.29, 1.82) is 0 Å². The number of nitrogens with zero attached hydrogens (tertiary/aromatic N) is 1. The van der Waals surface area contributed by atoms with Gasteiger partial charge in [0.1, 0.15) is 11.8 Å². The summed E-state index contributed by atoms with van der Waals surface area (Å²) in [5.41, 5.74) is -0.391. The molecule has 1 unspecified atom stereocenters. The van der Waals surface area contributed by atoms with Crippen molar-refractivity contribution in [3.63, 3.8) is 0 Å². The standard InChI is InChI=1S/C18H26F3N3O2/c1-17(2,13-6-4-5-7-14(13)26-3)16(25)23-12-15(18(19,20)21)24-10-8-22-9-11-24/h4-7,15,22H,8-12H2,1-3H3,(H,23,25). The molecule has 2 rings (SSSR count). The van der Waals surface area contributed by atoms with E-state index in [0.29, 0.717) is 37.5 Å². The topological polar surface area (TPSA) is 53.6 Å². The molecule has 146 valence electrons.